The summed E-state index contributed by atoms with van der Waals surface area (Å²) in [5.74, 6) is 2.34. The number of hydrogen-bond acceptors (Lipinski definition) is 8. The quantitative estimate of drug-likeness (QED) is 0.217. The first-order chi connectivity index (χ1) is 25.3. The van der Waals surface area contributed by atoms with E-state index in [4.69, 9.17) is 42.6 Å². The van der Waals surface area contributed by atoms with E-state index in [0.29, 0.717) is 58.1 Å². The summed E-state index contributed by atoms with van der Waals surface area (Å²) in [7, 11) is 3.26. The maximum atomic E-state index is 12.3. The van der Waals surface area contributed by atoms with E-state index in [2.05, 4.69) is 20.4 Å². The van der Waals surface area contributed by atoms with Crippen LogP contribution in [-0.2, 0) is 22.7 Å². The molecule has 4 atom stereocenters. The van der Waals surface area contributed by atoms with Crippen LogP contribution in [0.5, 0.6) is 11.8 Å². The van der Waals surface area contributed by atoms with E-state index >= 15 is 0 Å². The van der Waals surface area contributed by atoms with E-state index in [1.807, 2.05) is 60.7 Å². The third-order valence-electron chi connectivity index (χ3n) is 11.3. The van der Waals surface area contributed by atoms with Gasteiger partial charge >= 0.3 is 0 Å². The van der Waals surface area contributed by atoms with Gasteiger partial charge in [0, 0.05) is 72.6 Å². The Hall–Kier alpha value is -4.22. The lowest BCUT2D eigenvalue weighted by Crippen LogP contribution is -2.41. The van der Waals surface area contributed by atoms with Gasteiger partial charge in [0.15, 0.2) is 0 Å². The molecule has 10 nitrogen and oxygen atoms in total. The van der Waals surface area contributed by atoms with Crippen molar-refractivity contribution in [3.63, 3.8) is 0 Å². The molecule has 12 heteroatoms. The number of nitrogens with zero attached hydrogens (tertiary/aromatic N) is 4. The van der Waals surface area contributed by atoms with Gasteiger partial charge in [-0.05, 0) is 49.9 Å². The number of nitrogens with one attached hydrogen (secondary N) is 2. The minimum absolute atomic E-state index is 0.0485. The Morgan fingerprint density at radius 2 is 1.08 bits per heavy atom. The lowest BCUT2D eigenvalue weighted by atomic mass is 9.88. The largest absolute Gasteiger partial charge is 0.481 e. The van der Waals surface area contributed by atoms with Crippen LogP contribution >= 0.6 is 23.2 Å². The second-order valence-electron chi connectivity index (χ2n) is 14.3. The number of carbonyl (C=O) groups is 2. The Kier molecular flexibility index (Phi) is 9.82. The zero-order valence-corrected chi connectivity index (χ0v) is 30.8. The van der Waals surface area contributed by atoms with Crippen molar-refractivity contribution >= 4 is 35.0 Å². The maximum absolute atomic E-state index is 12.3. The van der Waals surface area contributed by atoms with E-state index in [1.165, 1.54) is 0 Å². The number of methoxy groups -OCH3 is 2. The number of benzene rings is 2. The van der Waals surface area contributed by atoms with Gasteiger partial charge in [-0.2, -0.15) is 0 Å². The van der Waals surface area contributed by atoms with Crippen LogP contribution in [0.4, 0.5) is 0 Å². The van der Waals surface area contributed by atoms with Crippen molar-refractivity contribution in [3.8, 4) is 45.4 Å². The van der Waals surface area contributed by atoms with E-state index in [9.17, 15) is 9.59 Å². The fourth-order valence-electron chi connectivity index (χ4n) is 8.42. The molecule has 4 aliphatic heterocycles. The monoisotopic (exact) mass is 740 g/mol. The lowest BCUT2D eigenvalue weighted by molar-refractivity contribution is -0.125. The second-order valence-corrected chi connectivity index (χ2v) is 15.1. The molecule has 270 valence electrons. The number of carbonyl (C=O) groups excluding carboxylic acids is 2. The summed E-state index contributed by atoms with van der Waals surface area (Å²) < 4.78 is 11.5. The van der Waals surface area contributed by atoms with Gasteiger partial charge in [-0.15, -0.1) is 0 Å². The van der Waals surface area contributed by atoms with Crippen LogP contribution in [0.15, 0.2) is 60.7 Å². The molecule has 0 saturated carbocycles. The number of piperidine rings is 2. The van der Waals surface area contributed by atoms with Crippen LogP contribution in [0, 0.1) is 23.7 Å². The molecule has 2 amide bonds. The molecule has 0 bridgehead atoms. The number of fused-ring (bicyclic) bond motifs is 2. The molecule has 2 aromatic carbocycles. The molecule has 4 fully saturated rings. The van der Waals surface area contributed by atoms with Crippen LogP contribution in [0.2, 0.25) is 10.0 Å². The first-order valence-corrected chi connectivity index (χ1v) is 18.7. The molecule has 0 unspecified atom stereocenters. The summed E-state index contributed by atoms with van der Waals surface area (Å²) in [5, 5.41) is 7.08. The van der Waals surface area contributed by atoms with Crippen molar-refractivity contribution < 1.29 is 19.1 Å². The molecule has 4 aromatic rings. The van der Waals surface area contributed by atoms with Crippen molar-refractivity contribution in [2.24, 2.45) is 23.7 Å². The molecule has 2 aromatic heterocycles. The van der Waals surface area contributed by atoms with Crippen molar-refractivity contribution in [2.45, 2.75) is 25.9 Å². The highest BCUT2D eigenvalue weighted by Crippen LogP contribution is 2.43. The standard InChI is InChI=1S/C40H42Cl2N6O4/c1-51-39-25(19-47-15-13-23-17-43-37(49)31(23)21-47)9-11-33(45-39)29-7-3-5-27(35(29)41)28-6-4-8-30(36(28)42)34-12-10-26(40(46-34)52-2)20-48-16-14-24-18-44-38(50)32(24)22-48/h3-12,23-24,31-32H,13-22H2,1-2H3,(H,43,49)(H,44,50)/t23-,24-,31-,32-/m1/s1. The van der Waals surface area contributed by atoms with Crippen LogP contribution < -0.4 is 20.1 Å². The van der Waals surface area contributed by atoms with Crippen LogP contribution in [-0.4, -0.2) is 85.1 Å². The summed E-state index contributed by atoms with van der Waals surface area (Å²) >= 11 is 14.3. The highest BCUT2D eigenvalue weighted by Gasteiger charge is 2.40. The van der Waals surface area contributed by atoms with Gasteiger partial charge in [0.05, 0.1) is 47.5 Å². The second kappa shape index (κ2) is 14.7. The van der Waals surface area contributed by atoms with Crippen molar-refractivity contribution in [1.29, 1.82) is 0 Å². The first-order valence-electron chi connectivity index (χ1n) is 18.0. The predicted octanol–water partition coefficient (Wildman–Crippen LogP) is 5.94. The molecular weight excluding hydrogens is 699 g/mol. The molecule has 52 heavy (non-hydrogen) atoms. The molecule has 0 aliphatic carbocycles. The minimum Gasteiger partial charge on any atom is -0.481 e. The van der Waals surface area contributed by atoms with E-state index < -0.39 is 0 Å². The molecule has 0 radical (unpaired) electrons. The number of amides is 2. The highest BCUT2D eigenvalue weighted by atomic mass is 35.5. The summed E-state index contributed by atoms with van der Waals surface area (Å²) in [6, 6.07) is 19.7. The molecule has 4 aliphatic rings. The van der Waals surface area contributed by atoms with Crippen molar-refractivity contribution in [3.05, 3.63) is 81.8 Å². The normalized spacial score (nSPS) is 23.2. The van der Waals surface area contributed by atoms with Gasteiger partial charge in [-0.25, -0.2) is 9.97 Å². The Bertz CT molecular complexity index is 1880. The summed E-state index contributed by atoms with van der Waals surface area (Å²) in [4.78, 5) is 39.0. The fraction of sp³-hybridized carbons (Fsp3) is 0.400. The average molecular weight is 742 g/mol. The van der Waals surface area contributed by atoms with Crippen LogP contribution in [0.3, 0.4) is 0 Å². The highest BCUT2D eigenvalue weighted by molar-refractivity contribution is 6.39. The summed E-state index contributed by atoms with van der Waals surface area (Å²) in [6.07, 6.45) is 2.00. The van der Waals surface area contributed by atoms with Gasteiger partial charge in [0.2, 0.25) is 23.6 Å². The number of rotatable bonds is 9. The predicted molar refractivity (Wildman–Crippen MR) is 201 cm³/mol. The number of pyridine rings is 2. The maximum Gasteiger partial charge on any atom is 0.224 e. The molecule has 2 N–H and O–H groups in total. The smallest absolute Gasteiger partial charge is 0.224 e. The zero-order valence-electron chi connectivity index (χ0n) is 29.3. The van der Waals surface area contributed by atoms with Gasteiger partial charge in [-0.1, -0.05) is 71.7 Å². The number of likely N-dealkylation sites (tertiary alicyclic amines) is 2. The van der Waals surface area contributed by atoms with Gasteiger partial charge in [0.1, 0.15) is 0 Å². The Morgan fingerprint density at radius 1 is 0.654 bits per heavy atom. The Morgan fingerprint density at radius 3 is 1.50 bits per heavy atom. The average Bonchev–Trinajstić information content (AvgIpc) is 3.73. The summed E-state index contributed by atoms with van der Waals surface area (Å²) in [5.41, 5.74) is 6.38. The number of halogens is 2. The van der Waals surface area contributed by atoms with Crippen molar-refractivity contribution in [2.75, 3.05) is 53.5 Å². The summed E-state index contributed by atoms with van der Waals surface area (Å²) in [6.45, 7) is 6.22. The lowest BCUT2D eigenvalue weighted by Gasteiger charge is -2.33. The number of hydrogen-bond donors (Lipinski definition) is 2. The van der Waals surface area contributed by atoms with E-state index in [1.54, 1.807) is 14.2 Å². The molecule has 4 saturated heterocycles. The topological polar surface area (TPSA) is 109 Å². The first kappa shape index (κ1) is 34.8. The van der Waals surface area contributed by atoms with Gasteiger partial charge in [0.25, 0.3) is 0 Å². The van der Waals surface area contributed by atoms with Gasteiger partial charge in [-0.3, -0.25) is 19.4 Å². The van der Waals surface area contributed by atoms with Crippen LogP contribution in [0.25, 0.3) is 33.6 Å². The van der Waals surface area contributed by atoms with Crippen molar-refractivity contribution in [1.82, 2.24) is 30.4 Å². The van der Waals surface area contributed by atoms with Gasteiger partial charge < -0.3 is 20.1 Å². The Balaban J connectivity index is 1.03. The molecular formula is C40H42Cl2N6O4. The zero-order chi connectivity index (χ0) is 35.9. The number of ether oxygens (including phenoxy) is 2. The van der Waals surface area contributed by atoms with E-state index in [0.717, 1.165) is 85.5 Å². The molecule has 0 spiro atoms. The third kappa shape index (κ3) is 6.62. The SMILES string of the molecule is COc1nc(-c2cccc(-c3cccc(-c4ccc(CN5CC[C@@H]6CNC(=O)[C@@H]6C5)c(OC)n4)c3Cl)c2Cl)ccc1CN1CC[C@@H]2CNC(=O)[C@@H]2C1. The molecule has 6 heterocycles. The third-order valence-corrected chi connectivity index (χ3v) is 12.1. The minimum atomic E-state index is 0.0485. The fourth-order valence-corrected chi connectivity index (χ4v) is 9.07. The van der Waals surface area contributed by atoms with E-state index in [-0.39, 0.29) is 23.7 Å². The Labute approximate surface area is 313 Å². The number of aromatic nitrogens is 2. The molecule has 8 rings (SSSR count). The van der Waals surface area contributed by atoms with Crippen LogP contribution in [0.1, 0.15) is 24.0 Å².